The van der Waals surface area contributed by atoms with Crippen LogP contribution in [0.3, 0.4) is 0 Å². The maximum absolute atomic E-state index is 12.2. The Morgan fingerprint density at radius 1 is 1.00 bits per heavy atom. The van der Waals surface area contributed by atoms with Gasteiger partial charge in [0.15, 0.2) is 0 Å². The summed E-state index contributed by atoms with van der Waals surface area (Å²) in [5, 5.41) is 5.98. The molecule has 0 radical (unpaired) electrons. The summed E-state index contributed by atoms with van der Waals surface area (Å²) >= 11 is 0. The van der Waals surface area contributed by atoms with Gasteiger partial charge in [-0.15, -0.1) is 0 Å². The maximum atomic E-state index is 12.2. The number of anilines is 2. The Kier molecular flexibility index (Phi) is 5.58. The standard InChI is InChI=1S/C19H23N3O2/c1-13-7-5-8-14(2)18(13)21-17(23)12-20-16-10-6-9-15(11-16)19(24)22(3)4/h5-11,20H,12H2,1-4H3,(H,21,23). The Balaban J connectivity index is 1.99. The number of aryl methyl sites for hydroxylation is 2. The highest BCUT2D eigenvalue weighted by Crippen LogP contribution is 2.19. The van der Waals surface area contributed by atoms with E-state index >= 15 is 0 Å². The second-order valence-corrected chi connectivity index (χ2v) is 5.95. The molecule has 2 aromatic rings. The molecule has 5 heteroatoms. The lowest BCUT2D eigenvalue weighted by atomic mass is 10.1. The SMILES string of the molecule is Cc1cccc(C)c1NC(=O)CNc1cccc(C(=O)N(C)C)c1. The number of carbonyl (C=O) groups is 2. The Labute approximate surface area is 142 Å². The molecular weight excluding hydrogens is 302 g/mol. The highest BCUT2D eigenvalue weighted by molar-refractivity contribution is 5.96. The van der Waals surface area contributed by atoms with Gasteiger partial charge in [-0.05, 0) is 43.2 Å². The van der Waals surface area contributed by atoms with Crippen LogP contribution in [0, 0.1) is 13.8 Å². The number of hydrogen-bond donors (Lipinski definition) is 2. The summed E-state index contributed by atoms with van der Waals surface area (Å²) in [6.07, 6.45) is 0. The Hall–Kier alpha value is -2.82. The first-order valence-corrected chi connectivity index (χ1v) is 7.80. The molecule has 0 atom stereocenters. The number of hydrogen-bond acceptors (Lipinski definition) is 3. The van der Waals surface area contributed by atoms with E-state index < -0.39 is 0 Å². The van der Waals surface area contributed by atoms with Gasteiger partial charge in [0, 0.05) is 31.0 Å². The minimum Gasteiger partial charge on any atom is -0.376 e. The molecule has 0 spiro atoms. The molecule has 0 saturated carbocycles. The van der Waals surface area contributed by atoms with E-state index in [-0.39, 0.29) is 18.4 Å². The van der Waals surface area contributed by atoms with Crippen LogP contribution in [-0.4, -0.2) is 37.4 Å². The van der Waals surface area contributed by atoms with E-state index in [0.717, 1.165) is 22.5 Å². The zero-order valence-corrected chi connectivity index (χ0v) is 14.5. The maximum Gasteiger partial charge on any atom is 0.253 e. The fourth-order valence-electron chi connectivity index (χ4n) is 2.40. The van der Waals surface area contributed by atoms with Crippen LogP contribution in [0.25, 0.3) is 0 Å². The van der Waals surface area contributed by atoms with Crippen molar-refractivity contribution in [1.29, 1.82) is 0 Å². The summed E-state index contributed by atoms with van der Waals surface area (Å²) in [6, 6.07) is 13.0. The Bertz CT molecular complexity index is 734. The smallest absolute Gasteiger partial charge is 0.253 e. The van der Waals surface area contributed by atoms with Crippen molar-refractivity contribution in [1.82, 2.24) is 4.90 Å². The number of nitrogens with zero attached hydrogens (tertiary/aromatic N) is 1. The first kappa shape index (κ1) is 17.5. The average Bonchev–Trinajstić information content (AvgIpc) is 2.56. The molecule has 5 nitrogen and oxygen atoms in total. The third-order valence-electron chi connectivity index (χ3n) is 3.71. The molecule has 0 unspecified atom stereocenters. The molecule has 0 fully saturated rings. The van der Waals surface area contributed by atoms with E-state index in [1.807, 2.05) is 38.1 Å². The van der Waals surface area contributed by atoms with E-state index in [1.54, 1.807) is 32.3 Å². The lowest BCUT2D eigenvalue weighted by Gasteiger charge is -2.13. The summed E-state index contributed by atoms with van der Waals surface area (Å²) in [5.41, 5.74) is 4.23. The van der Waals surface area contributed by atoms with Gasteiger partial charge in [0.2, 0.25) is 5.91 Å². The minimum absolute atomic E-state index is 0.0707. The normalized spacial score (nSPS) is 10.2. The summed E-state index contributed by atoms with van der Waals surface area (Å²) < 4.78 is 0. The van der Waals surface area contributed by atoms with E-state index in [9.17, 15) is 9.59 Å². The predicted octanol–water partition coefficient (Wildman–Crippen LogP) is 3.06. The average molecular weight is 325 g/mol. The van der Waals surface area contributed by atoms with Gasteiger partial charge >= 0.3 is 0 Å². The third-order valence-corrected chi connectivity index (χ3v) is 3.71. The van der Waals surface area contributed by atoms with Crippen LogP contribution in [0.15, 0.2) is 42.5 Å². The van der Waals surface area contributed by atoms with Crippen LogP contribution in [0.5, 0.6) is 0 Å². The molecule has 2 rings (SSSR count). The van der Waals surface area contributed by atoms with E-state index in [2.05, 4.69) is 10.6 Å². The second-order valence-electron chi connectivity index (χ2n) is 5.95. The molecule has 0 saturated heterocycles. The molecule has 0 heterocycles. The van der Waals surface area contributed by atoms with Crippen molar-refractivity contribution in [3.63, 3.8) is 0 Å². The van der Waals surface area contributed by atoms with E-state index in [0.29, 0.717) is 5.56 Å². The summed E-state index contributed by atoms with van der Waals surface area (Å²) in [6.45, 7) is 4.06. The number of amides is 2. The van der Waals surface area contributed by atoms with Gasteiger partial charge in [0.1, 0.15) is 0 Å². The van der Waals surface area contributed by atoms with Gasteiger partial charge in [-0.25, -0.2) is 0 Å². The highest BCUT2D eigenvalue weighted by Gasteiger charge is 2.10. The van der Waals surface area contributed by atoms with Crippen LogP contribution in [0.1, 0.15) is 21.5 Å². The quantitative estimate of drug-likeness (QED) is 0.888. The minimum atomic E-state index is -0.128. The van der Waals surface area contributed by atoms with Crippen molar-refractivity contribution in [2.75, 3.05) is 31.3 Å². The van der Waals surface area contributed by atoms with Crippen molar-refractivity contribution in [3.05, 3.63) is 59.2 Å². The number of carbonyl (C=O) groups excluding carboxylic acids is 2. The van der Waals surface area contributed by atoms with Gasteiger partial charge in [0.25, 0.3) is 5.91 Å². The highest BCUT2D eigenvalue weighted by atomic mass is 16.2. The van der Waals surface area contributed by atoms with Crippen LogP contribution in [0.2, 0.25) is 0 Å². The first-order valence-electron chi connectivity index (χ1n) is 7.80. The monoisotopic (exact) mass is 325 g/mol. The van der Waals surface area contributed by atoms with Crippen molar-refractivity contribution in [2.45, 2.75) is 13.8 Å². The number of nitrogens with one attached hydrogen (secondary N) is 2. The molecule has 2 N–H and O–H groups in total. The van der Waals surface area contributed by atoms with Crippen LogP contribution >= 0.6 is 0 Å². The lowest BCUT2D eigenvalue weighted by Crippen LogP contribution is -2.23. The molecule has 0 bridgehead atoms. The zero-order chi connectivity index (χ0) is 17.7. The summed E-state index contributed by atoms with van der Waals surface area (Å²) in [5.74, 6) is -0.199. The topological polar surface area (TPSA) is 61.4 Å². The van der Waals surface area contributed by atoms with Crippen LogP contribution in [-0.2, 0) is 4.79 Å². The van der Waals surface area contributed by atoms with Crippen molar-refractivity contribution in [3.8, 4) is 0 Å². The van der Waals surface area contributed by atoms with Gasteiger partial charge in [-0.1, -0.05) is 24.3 Å². The fourth-order valence-corrected chi connectivity index (χ4v) is 2.40. The van der Waals surface area contributed by atoms with Gasteiger partial charge in [0.05, 0.1) is 6.54 Å². The molecule has 0 aliphatic heterocycles. The zero-order valence-electron chi connectivity index (χ0n) is 14.5. The molecule has 0 aliphatic carbocycles. The molecule has 0 aromatic heterocycles. The van der Waals surface area contributed by atoms with E-state index in [4.69, 9.17) is 0 Å². The molecule has 2 aromatic carbocycles. The van der Waals surface area contributed by atoms with Gasteiger partial charge < -0.3 is 15.5 Å². The number of rotatable bonds is 5. The largest absolute Gasteiger partial charge is 0.376 e. The van der Waals surface area contributed by atoms with Crippen molar-refractivity contribution in [2.24, 2.45) is 0 Å². The third kappa shape index (κ3) is 4.35. The first-order chi connectivity index (χ1) is 11.4. The van der Waals surface area contributed by atoms with Crippen molar-refractivity contribution < 1.29 is 9.59 Å². The van der Waals surface area contributed by atoms with Gasteiger partial charge in [-0.3, -0.25) is 9.59 Å². The molecule has 0 aliphatic rings. The Morgan fingerprint density at radius 2 is 1.62 bits per heavy atom. The predicted molar refractivity (Wildman–Crippen MR) is 97.5 cm³/mol. The number of benzene rings is 2. The van der Waals surface area contributed by atoms with Crippen LogP contribution in [0.4, 0.5) is 11.4 Å². The summed E-state index contributed by atoms with van der Waals surface area (Å²) in [4.78, 5) is 25.7. The van der Waals surface area contributed by atoms with Crippen LogP contribution < -0.4 is 10.6 Å². The lowest BCUT2D eigenvalue weighted by molar-refractivity contribution is -0.114. The fraction of sp³-hybridized carbons (Fsp3) is 0.263. The molecule has 126 valence electrons. The molecule has 2 amide bonds. The molecule has 24 heavy (non-hydrogen) atoms. The Morgan fingerprint density at radius 3 is 2.25 bits per heavy atom. The van der Waals surface area contributed by atoms with Gasteiger partial charge in [-0.2, -0.15) is 0 Å². The van der Waals surface area contributed by atoms with Crippen molar-refractivity contribution >= 4 is 23.2 Å². The summed E-state index contributed by atoms with van der Waals surface area (Å²) in [7, 11) is 3.42. The second kappa shape index (κ2) is 7.64. The number of para-hydroxylation sites is 1. The molecular formula is C19H23N3O2. The van der Waals surface area contributed by atoms with E-state index in [1.165, 1.54) is 4.90 Å².